The Labute approximate surface area is 211 Å². The van der Waals surface area contributed by atoms with Gasteiger partial charge >= 0.3 is 0 Å². The minimum Gasteiger partial charge on any atom is -0.207 e. The zero-order valence-electron chi connectivity index (χ0n) is 23.2. The number of rotatable bonds is 7. The van der Waals surface area contributed by atoms with Gasteiger partial charge in [0.15, 0.2) is 11.7 Å². The Bertz CT molecular complexity index is 1330. The molecule has 2 heterocycles. The van der Waals surface area contributed by atoms with Gasteiger partial charge in [0.25, 0.3) is 0 Å². The van der Waals surface area contributed by atoms with E-state index in [1.807, 2.05) is 0 Å². The first-order valence-electron chi connectivity index (χ1n) is 14.1. The molecule has 2 heteroatoms. The van der Waals surface area contributed by atoms with Crippen LogP contribution in [0.25, 0.3) is 22.0 Å². The molecule has 0 N–H and O–H groups in total. The highest BCUT2D eigenvalue weighted by Gasteiger charge is 2.61. The van der Waals surface area contributed by atoms with Crippen molar-refractivity contribution in [1.82, 2.24) is 0 Å². The molecule has 35 heavy (non-hydrogen) atoms. The van der Waals surface area contributed by atoms with E-state index < -0.39 is 0 Å². The minimum absolute atomic E-state index is 0.0423. The second-order valence-corrected chi connectivity index (χ2v) is 11.7. The van der Waals surface area contributed by atoms with Gasteiger partial charge in [-0.1, -0.05) is 67.0 Å². The predicted molar refractivity (Wildman–Crippen MR) is 146 cm³/mol. The molecule has 186 valence electrons. The SMILES string of the molecule is CCCCc1cc2c3c4[n+](ccc3c1CC)C(CC)(CC)C(C)(CC)c1ccc(F)c(c1-4)C2(C)C. The number of aryl methyl sites for hydroxylation is 2. The lowest BCUT2D eigenvalue weighted by Crippen LogP contribution is -2.69. The van der Waals surface area contributed by atoms with Gasteiger partial charge in [0.1, 0.15) is 5.82 Å². The summed E-state index contributed by atoms with van der Waals surface area (Å²) in [6, 6.07) is 8.74. The van der Waals surface area contributed by atoms with Crippen molar-refractivity contribution in [2.45, 2.75) is 117 Å². The van der Waals surface area contributed by atoms with E-state index in [4.69, 9.17) is 0 Å². The Balaban J connectivity index is 2.05. The lowest BCUT2D eigenvalue weighted by atomic mass is 9.55. The molecule has 1 aromatic heterocycles. The van der Waals surface area contributed by atoms with Gasteiger partial charge in [-0.05, 0) is 66.3 Å². The van der Waals surface area contributed by atoms with Crippen LogP contribution in [0.3, 0.4) is 0 Å². The first-order valence-corrected chi connectivity index (χ1v) is 14.1. The van der Waals surface area contributed by atoms with Crippen molar-refractivity contribution in [3.8, 4) is 11.3 Å². The summed E-state index contributed by atoms with van der Waals surface area (Å²) < 4.78 is 18.5. The molecule has 0 spiro atoms. The normalized spacial score (nSPS) is 20.9. The zero-order valence-corrected chi connectivity index (χ0v) is 23.2. The van der Waals surface area contributed by atoms with E-state index >= 15 is 4.39 Å². The highest BCUT2D eigenvalue weighted by atomic mass is 19.1. The molecule has 0 amide bonds. The van der Waals surface area contributed by atoms with Crippen molar-refractivity contribution in [2.24, 2.45) is 0 Å². The van der Waals surface area contributed by atoms with Crippen molar-refractivity contribution >= 4 is 10.8 Å². The van der Waals surface area contributed by atoms with Crippen LogP contribution in [0.4, 0.5) is 4.39 Å². The zero-order chi connectivity index (χ0) is 25.3. The highest BCUT2D eigenvalue weighted by Crippen LogP contribution is 2.58. The summed E-state index contributed by atoms with van der Waals surface area (Å²) in [7, 11) is 0. The lowest BCUT2D eigenvalue weighted by molar-refractivity contribution is -0.768. The second kappa shape index (κ2) is 8.15. The molecule has 1 unspecified atom stereocenters. The van der Waals surface area contributed by atoms with Crippen LogP contribution >= 0.6 is 0 Å². The third-order valence-electron chi connectivity index (χ3n) is 10.2. The Morgan fingerprint density at radius 1 is 0.886 bits per heavy atom. The molecule has 0 saturated carbocycles. The van der Waals surface area contributed by atoms with E-state index in [0.717, 1.165) is 37.7 Å². The third kappa shape index (κ3) is 2.83. The van der Waals surface area contributed by atoms with Crippen molar-refractivity contribution < 1.29 is 8.96 Å². The first-order chi connectivity index (χ1) is 16.7. The number of hydrogen-bond donors (Lipinski definition) is 0. The summed E-state index contributed by atoms with van der Waals surface area (Å²) in [5.74, 6) is -0.0587. The van der Waals surface area contributed by atoms with E-state index in [2.05, 4.69) is 84.4 Å². The van der Waals surface area contributed by atoms with Gasteiger partial charge in [0, 0.05) is 29.9 Å². The molecular weight excluding hydrogens is 429 g/mol. The second-order valence-electron chi connectivity index (χ2n) is 11.7. The molecule has 0 bridgehead atoms. The first kappa shape index (κ1) is 24.5. The minimum atomic E-state index is -0.389. The highest BCUT2D eigenvalue weighted by molar-refractivity contribution is 6.03. The Hall–Kier alpha value is -2.22. The van der Waals surface area contributed by atoms with Gasteiger partial charge in [-0.3, -0.25) is 0 Å². The third-order valence-corrected chi connectivity index (χ3v) is 10.2. The summed E-state index contributed by atoms with van der Waals surface area (Å²) in [4.78, 5) is 0. The van der Waals surface area contributed by atoms with Crippen LogP contribution in [0.15, 0.2) is 30.5 Å². The number of hydrogen-bond acceptors (Lipinski definition) is 0. The van der Waals surface area contributed by atoms with Crippen molar-refractivity contribution in [3.05, 3.63) is 64.1 Å². The van der Waals surface area contributed by atoms with Crippen LogP contribution in [-0.2, 0) is 29.2 Å². The van der Waals surface area contributed by atoms with Crippen LogP contribution in [-0.4, -0.2) is 0 Å². The van der Waals surface area contributed by atoms with E-state index in [1.165, 1.54) is 57.1 Å². The van der Waals surface area contributed by atoms with Crippen LogP contribution in [0.5, 0.6) is 0 Å². The molecule has 1 aliphatic heterocycles. The molecule has 1 nitrogen and oxygen atoms in total. The van der Waals surface area contributed by atoms with Crippen LogP contribution in [0.1, 0.15) is 115 Å². The maximum Gasteiger partial charge on any atom is 0.221 e. The van der Waals surface area contributed by atoms with Crippen molar-refractivity contribution in [3.63, 3.8) is 0 Å². The van der Waals surface area contributed by atoms with Gasteiger partial charge in [0.2, 0.25) is 5.69 Å². The molecule has 2 aliphatic rings. The molecule has 0 saturated heterocycles. The van der Waals surface area contributed by atoms with Crippen molar-refractivity contribution in [2.75, 3.05) is 0 Å². The molecule has 2 aromatic carbocycles. The smallest absolute Gasteiger partial charge is 0.207 e. The number of aromatic nitrogens is 1. The number of unbranched alkanes of at least 4 members (excludes halogenated alkanes) is 1. The molecule has 0 fully saturated rings. The molecular formula is C33H43FN+. The van der Waals surface area contributed by atoms with Crippen molar-refractivity contribution in [1.29, 1.82) is 0 Å². The largest absolute Gasteiger partial charge is 0.221 e. The number of benzene rings is 2. The summed E-state index contributed by atoms with van der Waals surface area (Å²) in [5, 5.41) is 2.76. The van der Waals surface area contributed by atoms with Gasteiger partial charge in [0.05, 0.1) is 16.4 Å². The summed E-state index contributed by atoms with van der Waals surface area (Å²) >= 11 is 0. The molecule has 3 aromatic rings. The standard InChI is InChI=1S/C33H43FN/c1-9-14-15-21-20-25-27-23(22(21)10-2)18-19-35-30(27)28-24(16-17-26(34)29(28)31(25,6)7)32(8,11-3)33(35,12-4)13-5/h16-20H,9-15H2,1-8H3/q+1. The number of halogens is 1. The molecule has 1 atom stereocenters. The molecule has 1 aliphatic carbocycles. The molecule has 5 rings (SSSR count). The summed E-state index contributed by atoms with van der Waals surface area (Å²) in [5.41, 5.74) is 8.45. The quantitative estimate of drug-likeness (QED) is 0.303. The maximum absolute atomic E-state index is 15.9. The fourth-order valence-corrected chi connectivity index (χ4v) is 8.12. The number of nitrogens with zero attached hydrogens (tertiary/aromatic N) is 1. The van der Waals surface area contributed by atoms with E-state index in [1.54, 1.807) is 6.07 Å². The number of pyridine rings is 1. The van der Waals surface area contributed by atoms with E-state index in [0.29, 0.717) is 0 Å². The fraction of sp³-hybridized carbons (Fsp3) is 0.545. The Morgan fingerprint density at radius 3 is 2.20 bits per heavy atom. The Kier molecular flexibility index (Phi) is 5.70. The average Bonchev–Trinajstić information content (AvgIpc) is 2.85. The van der Waals surface area contributed by atoms with Crippen LogP contribution in [0, 0.1) is 5.82 Å². The van der Waals surface area contributed by atoms with E-state index in [9.17, 15) is 0 Å². The fourth-order valence-electron chi connectivity index (χ4n) is 8.12. The lowest BCUT2D eigenvalue weighted by Gasteiger charge is -2.50. The van der Waals surface area contributed by atoms with Crippen LogP contribution < -0.4 is 4.57 Å². The van der Waals surface area contributed by atoms with Gasteiger partial charge in [-0.2, -0.15) is 4.57 Å². The monoisotopic (exact) mass is 472 g/mol. The van der Waals surface area contributed by atoms with Gasteiger partial charge < -0.3 is 0 Å². The van der Waals surface area contributed by atoms with Gasteiger partial charge in [-0.25, -0.2) is 4.39 Å². The van der Waals surface area contributed by atoms with Crippen LogP contribution in [0.2, 0.25) is 0 Å². The van der Waals surface area contributed by atoms with Gasteiger partial charge in [-0.15, -0.1) is 0 Å². The summed E-state index contributed by atoms with van der Waals surface area (Å²) in [6.45, 7) is 18.5. The average molecular weight is 473 g/mol. The Morgan fingerprint density at radius 2 is 1.60 bits per heavy atom. The predicted octanol–water partition coefficient (Wildman–Crippen LogP) is 8.67. The molecule has 0 radical (unpaired) electrons. The topological polar surface area (TPSA) is 3.88 Å². The maximum atomic E-state index is 15.9. The van der Waals surface area contributed by atoms with E-state index in [-0.39, 0.29) is 22.2 Å². The summed E-state index contributed by atoms with van der Waals surface area (Å²) in [6.07, 6.45) is 10.0.